The highest BCUT2D eigenvalue weighted by molar-refractivity contribution is 7.13. The molecule has 3 N–H and O–H groups in total. The Morgan fingerprint density at radius 2 is 2.22 bits per heavy atom. The minimum Gasteiger partial charge on any atom is -0.462 e. The Morgan fingerprint density at radius 3 is 2.91 bits per heavy atom. The number of aromatic nitrogens is 1. The molecule has 0 bridgehead atoms. The molecule has 1 fully saturated rings. The molecule has 0 atom stereocenters. The van der Waals surface area contributed by atoms with E-state index < -0.39 is 0 Å². The number of thiazole rings is 1. The number of rotatable bonds is 6. The summed E-state index contributed by atoms with van der Waals surface area (Å²) in [5.74, 6) is 0.835. The molecule has 23 heavy (non-hydrogen) atoms. The zero-order chi connectivity index (χ0) is 16.1. The molecule has 124 valence electrons. The monoisotopic (exact) mass is 333 g/mol. The van der Waals surface area contributed by atoms with Gasteiger partial charge in [-0.25, -0.2) is 4.98 Å². The minimum absolute atomic E-state index is 0.00371. The average Bonchev–Trinajstić information content (AvgIpc) is 3.25. The number of furan rings is 1. The average molecular weight is 333 g/mol. The van der Waals surface area contributed by atoms with Crippen LogP contribution in [-0.2, 0) is 11.3 Å². The Kier molecular flexibility index (Phi) is 5.13. The van der Waals surface area contributed by atoms with E-state index in [0.29, 0.717) is 19.5 Å². The van der Waals surface area contributed by atoms with Crippen molar-refractivity contribution in [2.75, 3.05) is 6.54 Å². The smallest absolute Gasteiger partial charge is 0.220 e. The van der Waals surface area contributed by atoms with Crippen molar-refractivity contribution in [3.63, 3.8) is 0 Å². The fraction of sp³-hybridized carbons (Fsp3) is 0.529. The largest absolute Gasteiger partial charge is 0.462 e. The van der Waals surface area contributed by atoms with E-state index in [4.69, 9.17) is 10.2 Å². The van der Waals surface area contributed by atoms with Crippen molar-refractivity contribution >= 4 is 17.2 Å². The number of hydrogen-bond donors (Lipinski definition) is 2. The lowest BCUT2D eigenvalue weighted by molar-refractivity contribution is -0.124. The number of carbonyl (C=O) groups excluding carboxylic acids is 1. The molecule has 0 spiro atoms. The van der Waals surface area contributed by atoms with Crippen LogP contribution in [0.15, 0.2) is 28.2 Å². The molecule has 3 rings (SSSR count). The summed E-state index contributed by atoms with van der Waals surface area (Å²) in [6, 6.07) is 3.73. The molecule has 1 aliphatic rings. The van der Waals surface area contributed by atoms with Crippen molar-refractivity contribution in [3.8, 4) is 10.8 Å². The van der Waals surface area contributed by atoms with E-state index in [1.807, 2.05) is 17.5 Å². The summed E-state index contributed by atoms with van der Waals surface area (Å²) in [6.07, 6.45) is 7.92. The molecule has 1 amide bonds. The third kappa shape index (κ3) is 4.00. The van der Waals surface area contributed by atoms with Crippen molar-refractivity contribution < 1.29 is 9.21 Å². The predicted octanol–water partition coefficient (Wildman–Crippen LogP) is 3.32. The Morgan fingerprint density at radius 1 is 1.39 bits per heavy atom. The van der Waals surface area contributed by atoms with Gasteiger partial charge in [-0.2, -0.15) is 0 Å². The topological polar surface area (TPSA) is 81.2 Å². The van der Waals surface area contributed by atoms with Gasteiger partial charge in [0.2, 0.25) is 5.91 Å². The summed E-state index contributed by atoms with van der Waals surface area (Å²) in [7, 11) is 0. The SMILES string of the molecule is NCC1(CC(=O)NCc2csc(-c3ccco3)n2)CCCCC1. The van der Waals surface area contributed by atoms with E-state index in [2.05, 4.69) is 10.3 Å². The van der Waals surface area contributed by atoms with Crippen molar-refractivity contribution in [2.45, 2.75) is 45.1 Å². The van der Waals surface area contributed by atoms with Gasteiger partial charge >= 0.3 is 0 Å². The van der Waals surface area contributed by atoms with Crippen LogP contribution in [0.2, 0.25) is 0 Å². The quantitative estimate of drug-likeness (QED) is 0.849. The molecule has 0 aromatic carbocycles. The van der Waals surface area contributed by atoms with Gasteiger partial charge in [0, 0.05) is 11.8 Å². The van der Waals surface area contributed by atoms with Crippen LogP contribution in [0.5, 0.6) is 0 Å². The summed E-state index contributed by atoms with van der Waals surface area (Å²) in [6.45, 7) is 1.05. The summed E-state index contributed by atoms with van der Waals surface area (Å²) in [5, 5.41) is 5.78. The van der Waals surface area contributed by atoms with Crippen molar-refractivity contribution in [1.82, 2.24) is 10.3 Å². The second kappa shape index (κ2) is 7.27. The highest BCUT2D eigenvalue weighted by Gasteiger charge is 2.32. The lowest BCUT2D eigenvalue weighted by Gasteiger charge is -2.35. The molecule has 0 radical (unpaired) electrons. The van der Waals surface area contributed by atoms with E-state index in [-0.39, 0.29) is 11.3 Å². The molecule has 0 aliphatic heterocycles. The maximum Gasteiger partial charge on any atom is 0.220 e. The van der Waals surface area contributed by atoms with Gasteiger partial charge in [0.05, 0.1) is 18.5 Å². The third-order valence-corrected chi connectivity index (χ3v) is 5.54. The van der Waals surface area contributed by atoms with Crippen LogP contribution in [-0.4, -0.2) is 17.4 Å². The highest BCUT2D eigenvalue weighted by Crippen LogP contribution is 2.38. The Labute approximate surface area is 140 Å². The third-order valence-electron chi connectivity index (χ3n) is 4.63. The van der Waals surface area contributed by atoms with E-state index in [0.717, 1.165) is 29.3 Å². The second-order valence-corrected chi connectivity index (χ2v) is 7.20. The van der Waals surface area contributed by atoms with Gasteiger partial charge in [0.15, 0.2) is 10.8 Å². The number of hydrogen-bond acceptors (Lipinski definition) is 5. The fourth-order valence-corrected chi connectivity index (χ4v) is 4.03. The summed E-state index contributed by atoms with van der Waals surface area (Å²) in [5.41, 5.74) is 6.82. The van der Waals surface area contributed by atoms with Gasteiger partial charge in [-0.05, 0) is 36.9 Å². The van der Waals surface area contributed by atoms with Crippen LogP contribution in [0.25, 0.3) is 10.8 Å². The first-order valence-corrected chi connectivity index (χ1v) is 9.04. The van der Waals surface area contributed by atoms with Crippen LogP contribution >= 0.6 is 11.3 Å². The van der Waals surface area contributed by atoms with Crippen LogP contribution in [0.4, 0.5) is 0 Å². The standard InChI is InChI=1S/C17H23N3O2S/c18-12-17(6-2-1-3-7-17)9-15(21)19-10-13-11-23-16(20-13)14-5-4-8-22-14/h4-5,8,11H,1-3,6-7,9-10,12,18H2,(H,19,21). The van der Waals surface area contributed by atoms with E-state index >= 15 is 0 Å². The molecular weight excluding hydrogens is 310 g/mol. The van der Waals surface area contributed by atoms with Crippen LogP contribution in [0.1, 0.15) is 44.2 Å². The summed E-state index contributed by atoms with van der Waals surface area (Å²) >= 11 is 1.52. The molecule has 2 heterocycles. The normalized spacial score (nSPS) is 17.1. The Balaban J connectivity index is 1.53. The number of amides is 1. The maximum absolute atomic E-state index is 12.3. The molecule has 1 aliphatic carbocycles. The minimum atomic E-state index is 0.00371. The van der Waals surface area contributed by atoms with Gasteiger partial charge in [-0.15, -0.1) is 11.3 Å². The van der Waals surface area contributed by atoms with Crippen molar-refractivity contribution in [2.24, 2.45) is 11.1 Å². The molecule has 2 aromatic rings. The molecule has 2 aromatic heterocycles. The van der Waals surface area contributed by atoms with Crippen LogP contribution in [0, 0.1) is 5.41 Å². The van der Waals surface area contributed by atoms with Gasteiger partial charge in [0.1, 0.15) is 0 Å². The lowest BCUT2D eigenvalue weighted by Crippen LogP contribution is -2.38. The Bertz CT molecular complexity index is 630. The molecule has 6 heteroatoms. The number of carbonyl (C=O) groups is 1. The van der Waals surface area contributed by atoms with Crippen molar-refractivity contribution in [3.05, 3.63) is 29.5 Å². The van der Waals surface area contributed by atoms with Crippen LogP contribution < -0.4 is 11.1 Å². The van der Waals surface area contributed by atoms with Gasteiger partial charge in [-0.1, -0.05) is 19.3 Å². The highest BCUT2D eigenvalue weighted by atomic mass is 32.1. The lowest BCUT2D eigenvalue weighted by atomic mass is 9.71. The van der Waals surface area contributed by atoms with E-state index in [9.17, 15) is 4.79 Å². The first kappa shape index (κ1) is 16.2. The zero-order valence-electron chi connectivity index (χ0n) is 13.2. The van der Waals surface area contributed by atoms with Crippen LogP contribution in [0.3, 0.4) is 0 Å². The molecular formula is C17H23N3O2S. The maximum atomic E-state index is 12.3. The summed E-state index contributed by atoms with van der Waals surface area (Å²) < 4.78 is 5.33. The van der Waals surface area contributed by atoms with E-state index in [1.54, 1.807) is 6.26 Å². The molecule has 1 saturated carbocycles. The van der Waals surface area contributed by atoms with Crippen molar-refractivity contribution in [1.29, 1.82) is 0 Å². The first-order chi connectivity index (χ1) is 11.2. The predicted molar refractivity (Wildman–Crippen MR) is 90.9 cm³/mol. The number of nitrogens with two attached hydrogens (primary N) is 1. The molecule has 5 nitrogen and oxygen atoms in total. The summed E-state index contributed by atoms with van der Waals surface area (Å²) in [4.78, 5) is 16.8. The Hall–Kier alpha value is -1.66. The second-order valence-electron chi connectivity index (χ2n) is 6.34. The number of nitrogens with one attached hydrogen (secondary N) is 1. The zero-order valence-corrected chi connectivity index (χ0v) is 14.0. The van der Waals surface area contributed by atoms with Gasteiger partial charge in [0.25, 0.3) is 0 Å². The molecule has 0 unspecified atom stereocenters. The number of nitrogens with zero attached hydrogens (tertiary/aromatic N) is 1. The van der Waals surface area contributed by atoms with E-state index in [1.165, 1.54) is 30.6 Å². The van der Waals surface area contributed by atoms with Gasteiger partial charge < -0.3 is 15.5 Å². The first-order valence-electron chi connectivity index (χ1n) is 8.16. The molecule has 0 saturated heterocycles. The van der Waals surface area contributed by atoms with Gasteiger partial charge in [-0.3, -0.25) is 4.79 Å². The fourth-order valence-electron chi connectivity index (χ4n) is 3.25.